The summed E-state index contributed by atoms with van der Waals surface area (Å²) in [6.45, 7) is 12.7. The highest BCUT2D eigenvalue weighted by Crippen LogP contribution is 2.68. The molecule has 31 heavy (non-hydrogen) atoms. The van der Waals surface area contributed by atoms with E-state index in [1.54, 1.807) is 14.2 Å². The van der Waals surface area contributed by atoms with Crippen LogP contribution in [0.5, 0.6) is 0 Å². The molecule has 0 aliphatic heterocycles. The third-order valence-electron chi connectivity index (χ3n) is 10.8. The maximum Gasteiger partial charge on any atom is 0.0543 e. The Labute approximate surface area is 194 Å². The molecule has 0 aromatic carbocycles. The predicted octanol–water partition coefficient (Wildman–Crippen LogP) is 7.73. The third-order valence-corrected chi connectivity index (χ3v) is 10.8. The van der Waals surface area contributed by atoms with E-state index in [2.05, 4.69) is 39.4 Å². The van der Waals surface area contributed by atoms with E-state index in [-0.39, 0.29) is 6.10 Å². The molecule has 0 bridgehead atoms. The van der Waals surface area contributed by atoms with Crippen LogP contribution in [0.15, 0.2) is 0 Å². The smallest absolute Gasteiger partial charge is 0.0543 e. The molecule has 4 rings (SSSR count). The van der Waals surface area contributed by atoms with Crippen LogP contribution in [0.4, 0.5) is 0 Å². The highest BCUT2D eigenvalue weighted by molar-refractivity contribution is 5.09. The number of aliphatic hydroxyl groups is 1. The van der Waals surface area contributed by atoms with Gasteiger partial charge in [-0.2, -0.15) is 0 Å². The van der Waals surface area contributed by atoms with Crippen LogP contribution in [0.25, 0.3) is 0 Å². The second-order valence-electron chi connectivity index (χ2n) is 13.0. The topological polar surface area (TPSA) is 29.5 Å². The van der Waals surface area contributed by atoms with Crippen molar-refractivity contribution in [2.24, 2.45) is 52.3 Å². The summed E-state index contributed by atoms with van der Waals surface area (Å²) in [6.07, 6.45) is 16.6. The van der Waals surface area contributed by atoms with Gasteiger partial charge in [-0.1, -0.05) is 53.9 Å². The lowest BCUT2D eigenvalue weighted by molar-refractivity contribution is -0.129. The zero-order valence-electron chi connectivity index (χ0n) is 22.0. The molecule has 0 aromatic rings. The number of ether oxygens (including phenoxy) is 1. The van der Waals surface area contributed by atoms with Crippen LogP contribution in [0, 0.1) is 52.3 Å². The van der Waals surface area contributed by atoms with Crippen LogP contribution in [-0.2, 0) is 4.74 Å². The van der Waals surface area contributed by atoms with Gasteiger partial charge in [0.25, 0.3) is 0 Å². The van der Waals surface area contributed by atoms with Crippen molar-refractivity contribution >= 4 is 0 Å². The Kier molecular flexibility index (Phi) is 8.62. The number of rotatable bonds is 5. The molecule has 0 saturated heterocycles. The van der Waals surface area contributed by atoms with Crippen molar-refractivity contribution in [1.29, 1.82) is 0 Å². The SMILES string of the molecule is CC(C)CCC[C@@H](C)[C@H]1CC[C@H]2[C@@H]3CC[C@H]4C[C@@H](O)CC[C@]4(C)[C@H]3CC[C@]12C.COC. The molecule has 0 aromatic heterocycles. The molecule has 4 fully saturated rings. The van der Waals surface area contributed by atoms with Gasteiger partial charge in [-0.05, 0) is 110 Å². The van der Waals surface area contributed by atoms with Gasteiger partial charge in [-0.25, -0.2) is 0 Å². The fourth-order valence-electron chi connectivity index (χ4n) is 9.26. The summed E-state index contributed by atoms with van der Waals surface area (Å²) in [5.41, 5.74) is 1.15. The Bertz CT molecular complexity index is 559. The molecule has 1 N–H and O–H groups in total. The van der Waals surface area contributed by atoms with Crippen LogP contribution in [0.2, 0.25) is 0 Å². The summed E-state index contributed by atoms with van der Waals surface area (Å²) >= 11 is 0. The van der Waals surface area contributed by atoms with E-state index in [4.69, 9.17) is 0 Å². The Hall–Kier alpha value is -0.0800. The Morgan fingerprint density at radius 3 is 2.16 bits per heavy atom. The molecular formula is C29H54O2. The van der Waals surface area contributed by atoms with Crippen molar-refractivity contribution in [3.05, 3.63) is 0 Å². The molecule has 0 spiro atoms. The molecule has 0 unspecified atom stereocenters. The molecular weight excluding hydrogens is 380 g/mol. The highest BCUT2D eigenvalue weighted by Gasteiger charge is 2.60. The maximum absolute atomic E-state index is 10.3. The Morgan fingerprint density at radius 2 is 1.48 bits per heavy atom. The number of methoxy groups -OCH3 is 1. The summed E-state index contributed by atoms with van der Waals surface area (Å²) in [5.74, 6) is 6.49. The van der Waals surface area contributed by atoms with Crippen molar-refractivity contribution in [1.82, 2.24) is 0 Å². The van der Waals surface area contributed by atoms with Crippen LogP contribution >= 0.6 is 0 Å². The molecule has 182 valence electrons. The lowest BCUT2D eigenvalue weighted by atomic mass is 9.44. The fraction of sp³-hybridized carbons (Fsp3) is 1.00. The number of fused-ring (bicyclic) bond motifs is 5. The number of hydrogen-bond donors (Lipinski definition) is 1. The number of hydrogen-bond acceptors (Lipinski definition) is 2. The lowest BCUT2D eigenvalue weighted by Crippen LogP contribution is -2.54. The second-order valence-corrected chi connectivity index (χ2v) is 13.0. The van der Waals surface area contributed by atoms with Gasteiger partial charge in [0, 0.05) is 14.2 Å². The number of aliphatic hydroxyl groups excluding tert-OH is 1. The van der Waals surface area contributed by atoms with Crippen LogP contribution in [-0.4, -0.2) is 25.4 Å². The molecule has 2 heteroatoms. The molecule has 0 heterocycles. The van der Waals surface area contributed by atoms with E-state index in [9.17, 15) is 5.11 Å². The van der Waals surface area contributed by atoms with Gasteiger partial charge in [0.05, 0.1) is 6.10 Å². The molecule has 2 nitrogen and oxygen atoms in total. The first-order valence-electron chi connectivity index (χ1n) is 13.8. The van der Waals surface area contributed by atoms with Crippen molar-refractivity contribution in [3.63, 3.8) is 0 Å². The molecule has 4 aliphatic rings. The average molecular weight is 435 g/mol. The molecule has 4 aliphatic carbocycles. The normalized spacial score (nSPS) is 45.2. The molecule has 4 saturated carbocycles. The average Bonchev–Trinajstić information content (AvgIpc) is 3.06. The van der Waals surface area contributed by atoms with Gasteiger partial charge < -0.3 is 9.84 Å². The summed E-state index contributed by atoms with van der Waals surface area (Å²) < 4.78 is 4.25. The Morgan fingerprint density at radius 1 is 0.839 bits per heavy atom. The van der Waals surface area contributed by atoms with E-state index >= 15 is 0 Å². The quantitative estimate of drug-likeness (QED) is 0.479. The van der Waals surface area contributed by atoms with E-state index in [1.807, 2.05) is 0 Å². The molecule has 9 atom stereocenters. The summed E-state index contributed by atoms with van der Waals surface area (Å²) in [6, 6.07) is 0. The largest absolute Gasteiger partial charge is 0.393 e. The summed E-state index contributed by atoms with van der Waals surface area (Å²) in [7, 11) is 3.25. The monoisotopic (exact) mass is 434 g/mol. The lowest BCUT2D eigenvalue weighted by Gasteiger charge is -2.61. The van der Waals surface area contributed by atoms with E-state index in [1.165, 1.54) is 64.2 Å². The molecule has 0 radical (unpaired) electrons. The summed E-state index contributed by atoms with van der Waals surface area (Å²) in [5, 5.41) is 10.3. The van der Waals surface area contributed by atoms with Crippen molar-refractivity contribution in [3.8, 4) is 0 Å². The van der Waals surface area contributed by atoms with Gasteiger partial charge in [0.15, 0.2) is 0 Å². The van der Waals surface area contributed by atoms with Crippen LogP contribution in [0.1, 0.15) is 112 Å². The van der Waals surface area contributed by atoms with Gasteiger partial charge in [-0.15, -0.1) is 0 Å². The predicted molar refractivity (Wildman–Crippen MR) is 132 cm³/mol. The van der Waals surface area contributed by atoms with Gasteiger partial charge in [0.2, 0.25) is 0 Å². The van der Waals surface area contributed by atoms with Crippen molar-refractivity contribution < 1.29 is 9.84 Å². The van der Waals surface area contributed by atoms with Crippen molar-refractivity contribution in [2.45, 2.75) is 118 Å². The standard InChI is InChI=1S/C27H48O.C2H6O/c1-18(2)7-6-8-19(3)23-11-12-24-22-10-9-20-17-21(28)13-15-26(20,4)25(22)14-16-27(23,24)5;1-3-2/h18-25,28H,6-17H2,1-5H3;1-2H3/t19-,20+,21+,22+,23-,24+,25+,26+,27-;/m1./s1. The van der Waals surface area contributed by atoms with Crippen molar-refractivity contribution in [2.75, 3.05) is 14.2 Å². The minimum absolute atomic E-state index is 0.00830. The van der Waals surface area contributed by atoms with E-state index < -0.39 is 0 Å². The zero-order chi connectivity index (χ0) is 22.8. The zero-order valence-corrected chi connectivity index (χ0v) is 22.0. The highest BCUT2D eigenvalue weighted by atomic mass is 16.4. The van der Waals surface area contributed by atoms with Gasteiger partial charge in [0.1, 0.15) is 0 Å². The van der Waals surface area contributed by atoms with Crippen LogP contribution in [0.3, 0.4) is 0 Å². The first-order chi connectivity index (χ1) is 14.7. The second kappa shape index (κ2) is 10.5. The van der Waals surface area contributed by atoms with E-state index in [0.717, 1.165) is 54.3 Å². The molecule has 0 amide bonds. The van der Waals surface area contributed by atoms with Gasteiger partial charge in [-0.3, -0.25) is 0 Å². The summed E-state index contributed by atoms with van der Waals surface area (Å²) in [4.78, 5) is 0. The van der Waals surface area contributed by atoms with E-state index in [0.29, 0.717) is 10.8 Å². The Balaban J connectivity index is 0.000000858. The minimum atomic E-state index is -0.00830. The first kappa shape index (κ1) is 25.5. The van der Waals surface area contributed by atoms with Crippen LogP contribution < -0.4 is 0 Å². The minimum Gasteiger partial charge on any atom is -0.393 e. The fourth-order valence-corrected chi connectivity index (χ4v) is 9.26. The van der Waals surface area contributed by atoms with Gasteiger partial charge >= 0.3 is 0 Å². The first-order valence-corrected chi connectivity index (χ1v) is 13.8. The third kappa shape index (κ3) is 5.06. The maximum atomic E-state index is 10.3.